The van der Waals surface area contributed by atoms with Gasteiger partial charge in [-0.1, -0.05) is 61.4 Å². The minimum absolute atomic E-state index is 0.143. The highest BCUT2D eigenvalue weighted by Gasteiger charge is 2.63. The van der Waals surface area contributed by atoms with E-state index in [2.05, 4.69) is 20.3 Å². The normalized spacial score (nSPS) is 29.0. The Morgan fingerprint density at radius 1 is 1.02 bits per heavy atom. The molecule has 0 spiro atoms. The first-order chi connectivity index (χ1) is 23.6. The zero-order valence-corrected chi connectivity index (χ0v) is 28.5. The molecule has 0 bridgehead atoms. The number of carbonyl (C=O) groups is 3. The SMILES string of the molecule is CC1(S(=O)(=O)NC(=O)[C@@]23C[C@H]2/C=C\CCCCC[C@H](Nc2ccccc2)C(=O)N2C[C@H](Oc4nccc5ccccc45)C[C@H]2C(=O)N3)CC1. The van der Waals surface area contributed by atoms with Gasteiger partial charge in [-0.2, -0.15) is 0 Å². The number of sulfonamides is 1. The number of nitrogens with zero attached hydrogens (tertiary/aromatic N) is 2. The molecule has 3 N–H and O–H groups in total. The number of para-hydroxylation sites is 1. The first-order valence-corrected chi connectivity index (χ1v) is 18.7. The van der Waals surface area contributed by atoms with Crippen molar-refractivity contribution in [2.45, 2.75) is 93.2 Å². The fourth-order valence-corrected chi connectivity index (χ4v) is 8.34. The van der Waals surface area contributed by atoms with Gasteiger partial charge < -0.3 is 20.3 Å². The molecule has 4 aliphatic rings. The van der Waals surface area contributed by atoms with Gasteiger partial charge in [-0.3, -0.25) is 19.1 Å². The zero-order chi connectivity index (χ0) is 34.2. The Labute approximate surface area is 286 Å². The number of carbonyl (C=O) groups excluding carboxylic acids is 3. The van der Waals surface area contributed by atoms with Crippen molar-refractivity contribution < 1.29 is 27.5 Å². The Morgan fingerprint density at radius 3 is 2.59 bits per heavy atom. The van der Waals surface area contributed by atoms with Gasteiger partial charge in [0.15, 0.2) is 0 Å². The monoisotopic (exact) mass is 685 g/mol. The second-order valence-electron chi connectivity index (χ2n) is 14.1. The molecule has 0 radical (unpaired) electrons. The summed E-state index contributed by atoms with van der Waals surface area (Å²) in [5.74, 6) is -1.43. The van der Waals surface area contributed by atoms with Gasteiger partial charge in [0.2, 0.25) is 27.7 Å². The maximum absolute atomic E-state index is 14.5. The molecule has 2 aliphatic carbocycles. The number of anilines is 1. The summed E-state index contributed by atoms with van der Waals surface area (Å²) in [7, 11) is -3.93. The summed E-state index contributed by atoms with van der Waals surface area (Å²) in [5, 5.41) is 8.13. The lowest BCUT2D eigenvalue weighted by Gasteiger charge is -2.30. The van der Waals surface area contributed by atoms with Gasteiger partial charge in [0, 0.05) is 29.6 Å². The van der Waals surface area contributed by atoms with Crippen LogP contribution in [0.1, 0.15) is 64.7 Å². The number of rotatable bonds is 7. The zero-order valence-electron chi connectivity index (χ0n) is 27.6. The van der Waals surface area contributed by atoms with Crippen LogP contribution in [0.4, 0.5) is 5.69 Å². The molecule has 3 heterocycles. The number of fused-ring (bicyclic) bond motifs is 3. The van der Waals surface area contributed by atoms with Gasteiger partial charge in [-0.25, -0.2) is 13.4 Å². The van der Waals surface area contributed by atoms with Crippen molar-refractivity contribution in [3.05, 3.63) is 79.0 Å². The van der Waals surface area contributed by atoms with E-state index in [0.717, 1.165) is 42.1 Å². The molecule has 5 atom stereocenters. The third-order valence-corrected chi connectivity index (χ3v) is 12.7. The van der Waals surface area contributed by atoms with Crippen LogP contribution >= 0.6 is 0 Å². The molecule has 49 heavy (non-hydrogen) atoms. The predicted molar refractivity (Wildman–Crippen MR) is 186 cm³/mol. The molecule has 12 heteroatoms. The van der Waals surface area contributed by atoms with Crippen molar-refractivity contribution >= 4 is 44.2 Å². The topological polar surface area (TPSA) is 147 Å². The van der Waals surface area contributed by atoms with Crippen LogP contribution in [0.15, 0.2) is 79.0 Å². The third-order valence-electron chi connectivity index (χ3n) is 10.5. The molecule has 258 valence electrons. The molecular weight excluding hydrogens is 643 g/mol. The quantitative estimate of drug-likeness (QED) is 0.309. The minimum Gasteiger partial charge on any atom is -0.472 e. The van der Waals surface area contributed by atoms with E-state index >= 15 is 0 Å². The lowest BCUT2D eigenvalue weighted by atomic mass is 10.0. The lowest BCUT2D eigenvalue weighted by Crippen LogP contribution is -2.58. The van der Waals surface area contributed by atoms with Crippen LogP contribution in [0.25, 0.3) is 10.8 Å². The lowest BCUT2D eigenvalue weighted by molar-refractivity contribution is -0.140. The Bertz CT molecular complexity index is 1870. The van der Waals surface area contributed by atoms with E-state index in [-0.39, 0.29) is 31.2 Å². The summed E-state index contributed by atoms with van der Waals surface area (Å²) >= 11 is 0. The summed E-state index contributed by atoms with van der Waals surface area (Å²) < 4.78 is 33.9. The highest BCUT2D eigenvalue weighted by Crippen LogP contribution is 2.47. The number of hydrogen-bond acceptors (Lipinski definition) is 8. The van der Waals surface area contributed by atoms with Crippen molar-refractivity contribution in [3.8, 4) is 5.88 Å². The number of nitrogens with one attached hydrogen (secondary N) is 3. The van der Waals surface area contributed by atoms with Crippen molar-refractivity contribution in [2.24, 2.45) is 5.92 Å². The molecule has 2 saturated carbocycles. The Morgan fingerprint density at radius 2 is 1.80 bits per heavy atom. The van der Waals surface area contributed by atoms with Gasteiger partial charge in [0.25, 0.3) is 5.91 Å². The second kappa shape index (κ2) is 13.1. The summed E-state index contributed by atoms with van der Waals surface area (Å²) in [4.78, 5) is 48.6. The van der Waals surface area contributed by atoms with Crippen molar-refractivity contribution in [1.29, 1.82) is 0 Å². The first-order valence-electron chi connectivity index (χ1n) is 17.3. The van der Waals surface area contributed by atoms with E-state index in [1.165, 1.54) is 0 Å². The summed E-state index contributed by atoms with van der Waals surface area (Å²) in [6.07, 6.45) is 10.4. The van der Waals surface area contributed by atoms with Gasteiger partial charge in [0.1, 0.15) is 23.7 Å². The molecular formula is C37H43N5O6S. The van der Waals surface area contributed by atoms with E-state index in [0.29, 0.717) is 25.1 Å². The fraction of sp³-hybridized carbons (Fsp3) is 0.459. The van der Waals surface area contributed by atoms with Crippen LogP contribution in [-0.4, -0.2) is 71.0 Å². The van der Waals surface area contributed by atoms with Gasteiger partial charge in [0.05, 0.1) is 11.3 Å². The summed E-state index contributed by atoms with van der Waals surface area (Å²) in [6, 6.07) is 17.6. The number of ether oxygens (including phenoxy) is 1. The second-order valence-corrected chi connectivity index (χ2v) is 16.3. The number of aromatic nitrogens is 1. The van der Waals surface area contributed by atoms with E-state index < -0.39 is 50.3 Å². The van der Waals surface area contributed by atoms with E-state index in [1.807, 2.05) is 72.8 Å². The fourth-order valence-electron chi connectivity index (χ4n) is 7.03. The average molecular weight is 686 g/mol. The molecule has 1 saturated heterocycles. The van der Waals surface area contributed by atoms with Crippen molar-refractivity contribution in [3.63, 3.8) is 0 Å². The maximum atomic E-state index is 14.5. The van der Waals surface area contributed by atoms with E-state index in [9.17, 15) is 22.8 Å². The van der Waals surface area contributed by atoms with Crippen molar-refractivity contribution in [1.82, 2.24) is 19.9 Å². The molecule has 3 fully saturated rings. The van der Waals surface area contributed by atoms with Crippen LogP contribution in [0, 0.1) is 5.92 Å². The third kappa shape index (κ3) is 6.75. The van der Waals surface area contributed by atoms with Gasteiger partial charge in [-0.05, 0) is 75.1 Å². The van der Waals surface area contributed by atoms with Gasteiger partial charge >= 0.3 is 0 Å². The molecule has 3 aromatic rings. The number of amides is 3. The summed E-state index contributed by atoms with van der Waals surface area (Å²) in [6.45, 7) is 1.76. The number of pyridine rings is 1. The highest BCUT2D eigenvalue weighted by atomic mass is 32.2. The number of allylic oxidation sites excluding steroid dienone is 1. The van der Waals surface area contributed by atoms with Crippen LogP contribution in [-0.2, 0) is 24.4 Å². The standard InChI is InChI=1S/C37H43N5O6S/c1-36(19-20-36)49(46,47)41-35(45)37-23-26(37)13-6-3-2-4-9-17-30(39-27-14-7-5-8-15-27)34(44)42-24-28(22-31(42)32(43)40-37)48-33-29-16-11-10-12-25(29)18-21-38-33/h5-8,10-16,18,21,26,28,30-31,39H,2-4,9,17,19-20,22-24H2,1H3,(H,40,43)(H,41,45)/b13-6-/t26-,28-,30+,31+,37-/m1/s1. The summed E-state index contributed by atoms with van der Waals surface area (Å²) in [5.41, 5.74) is -0.629. The molecule has 11 nitrogen and oxygen atoms in total. The molecule has 2 aromatic carbocycles. The molecule has 1 aromatic heterocycles. The van der Waals surface area contributed by atoms with Crippen LogP contribution < -0.4 is 20.1 Å². The molecule has 2 aliphatic heterocycles. The largest absolute Gasteiger partial charge is 0.472 e. The molecule has 7 rings (SSSR count). The van der Waals surface area contributed by atoms with E-state index in [1.54, 1.807) is 18.0 Å². The number of benzene rings is 2. The Balaban J connectivity index is 1.20. The highest BCUT2D eigenvalue weighted by molar-refractivity contribution is 7.91. The van der Waals surface area contributed by atoms with Crippen LogP contribution in [0.5, 0.6) is 5.88 Å². The van der Waals surface area contributed by atoms with E-state index in [4.69, 9.17) is 4.74 Å². The van der Waals surface area contributed by atoms with Crippen LogP contribution in [0.2, 0.25) is 0 Å². The smallest absolute Gasteiger partial charge is 0.259 e. The first kappa shape index (κ1) is 33.1. The Hall–Kier alpha value is -4.45. The molecule has 0 unspecified atom stereocenters. The average Bonchev–Trinajstić information content (AvgIpc) is 3.97. The van der Waals surface area contributed by atoms with Crippen molar-refractivity contribution in [2.75, 3.05) is 11.9 Å². The van der Waals surface area contributed by atoms with Crippen LogP contribution in [0.3, 0.4) is 0 Å². The Kier molecular flexibility index (Phi) is 8.85. The molecule has 3 amide bonds. The van der Waals surface area contributed by atoms with Gasteiger partial charge in [-0.15, -0.1) is 0 Å². The minimum atomic E-state index is -3.93. The predicted octanol–water partition coefficient (Wildman–Crippen LogP) is 4.46. The maximum Gasteiger partial charge on any atom is 0.259 e. The number of hydrogen-bond donors (Lipinski definition) is 3.